The number of hydrogen-bond acceptors (Lipinski definition) is 2. The van der Waals surface area contributed by atoms with Crippen molar-refractivity contribution < 1.29 is 13.7 Å². The van der Waals surface area contributed by atoms with Gasteiger partial charge < -0.3 is 9.15 Å². The van der Waals surface area contributed by atoms with Crippen LogP contribution in [0, 0.1) is 0 Å². The number of nitrogens with zero attached hydrogens (tertiary/aromatic N) is 1. The van der Waals surface area contributed by atoms with E-state index in [-0.39, 0.29) is 0 Å². The average molecular weight is 404 g/mol. The summed E-state index contributed by atoms with van der Waals surface area (Å²) in [6, 6.07) is 38.9. The van der Waals surface area contributed by atoms with E-state index in [1.807, 2.05) is 54.6 Å². The quantitative estimate of drug-likeness (QED) is 0.310. The van der Waals surface area contributed by atoms with Crippen molar-refractivity contribution in [1.82, 2.24) is 0 Å². The maximum Gasteiger partial charge on any atom is 0.387 e. The molecule has 0 saturated heterocycles. The second kappa shape index (κ2) is 8.33. The van der Waals surface area contributed by atoms with Gasteiger partial charge in [-0.15, -0.1) is 4.57 Å². The normalized spacial score (nSPS) is 10.7. The Morgan fingerprint density at radius 3 is 1.65 bits per heavy atom. The molecular formula is C28H22NO2+. The van der Waals surface area contributed by atoms with Gasteiger partial charge in [0.1, 0.15) is 5.75 Å². The fraction of sp³-hybridized carbons (Fsp3) is 0.0357. The highest BCUT2D eigenvalue weighted by molar-refractivity contribution is 5.76. The van der Waals surface area contributed by atoms with Crippen LogP contribution in [0.4, 0.5) is 0 Å². The van der Waals surface area contributed by atoms with Gasteiger partial charge in [0, 0.05) is 17.7 Å². The van der Waals surface area contributed by atoms with Gasteiger partial charge in [-0.25, -0.2) is 0 Å². The lowest BCUT2D eigenvalue weighted by molar-refractivity contribution is -0.575. The van der Waals surface area contributed by atoms with Crippen molar-refractivity contribution in [3.05, 3.63) is 115 Å². The van der Waals surface area contributed by atoms with E-state index in [9.17, 15) is 0 Å². The summed E-state index contributed by atoms with van der Waals surface area (Å²) in [6.45, 7) is 0. The summed E-state index contributed by atoms with van der Waals surface area (Å²) in [5.74, 6) is 2.43. The molecule has 3 nitrogen and oxygen atoms in total. The van der Waals surface area contributed by atoms with Crippen molar-refractivity contribution in [3.8, 4) is 45.5 Å². The van der Waals surface area contributed by atoms with Crippen molar-refractivity contribution in [2.45, 2.75) is 0 Å². The van der Waals surface area contributed by atoms with Crippen molar-refractivity contribution in [2.24, 2.45) is 0 Å². The molecular weight excluding hydrogens is 382 g/mol. The number of hydrogen-bond donors (Lipinski definition) is 0. The number of methoxy groups -OCH3 is 1. The molecule has 0 aliphatic rings. The summed E-state index contributed by atoms with van der Waals surface area (Å²) in [5.41, 5.74) is 5.15. The lowest BCUT2D eigenvalue weighted by Gasteiger charge is -2.03. The Kier molecular flexibility index (Phi) is 5.07. The summed E-state index contributed by atoms with van der Waals surface area (Å²) in [6.07, 6.45) is 0. The minimum Gasteiger partial charge on any atom is -0.497 e. The monoisotopic (exact) mass is 404 g/mol. The van der Waals surface area contributed by atoms with Crippen LogP contribution in [-0.4, -0.2) is 7.11 Å². The van der Waals surface area contributed by atoms with Crippen LogP contribution in [0.1, 0.15) is 0 Å². The van der Waals surface area contributed by atoms with Gasteiger partial charge in [-0.05, 0) is 36.4 Å². The molecule has 150 valence electrons. The topological polar surface area (TPSA) is 26.2 Å². The van der Waals surface area contributed by atoms with Crippen molar-refractivity contribution >= 4 is 0 Å². The van der Waals surface area contributed by atoms with E-state index in [0.29, 0.717) is 0 Å². The van der Waals surface area contributed by atoms with Gasteiger partial charge in [0.15, 0.2) is 0 Å². The lowest BCUT2D eigenvalue weighted by Crippen LogP contribution is -2.33. The van der Waals surface area contributed by atoms with Gasteiger partial charge in [-0.1, -0.05) is 66.7 Å². The van der Waals surface area contributed by atoms with E-state index >= 15 is 0 Å². The molecule has 0 N–H and O–H groups in total. The summed E-state index contributed by atoms with van der Waals surface area (Å²) < 4.78 is 14.2. The number of ether oxygens (including phenoxy) is 1. The zero-order chi connectivity index (χ0) is 21.0. The fourth-order valence-electron chi connectivity index (χ4n) is 3.78. The van der Waals surface area contributed by atoms with Crippen molar-refractivity contribution in [3.63, 3.8) is 0 Å². The van der Waals surface area contributed by atoms with Crippen LogP contribution < -0.4 is 9.30 Å². The van der Waals surface area contributed by atoms with Crippen LogP contribution in [0.15, 0.2) is 120 Å². The summed E-state index contributed by atoms with van der Waals surface area (Å²) >= 11 is 0. The molecule has 0 aliphatic heterocycles. The summed E-state index contributed by atoms with van der Waals surface area (Å²) in [5, 5.41) is 0. The highest BCUT2D eigenvalue weighted by Gasteiger charge is 2.33. The van der Waals surface area contributed by atoms with Crippen LogP contribution in [0.5, 0.6) is 5.75 Å². The highest BCUT2D eigenvalue weighted by atomic mass is 16.5. The molecule has 5 rings (SSSR count). The minimum absolute atomic E-state index is 0.781. The third-order valence-electron chi connectivity index (χ3n) is 5.28. The van der Waals surface area contributed by atoms with E-state index in [1.165, 1.54) is 0 Å². The Hall–Kier alpha value is -4.11. The van der Waals surface area contributed by atoms with Crippen molar-refractivity contribution in [2.75, 3.05) is 7.11 Å². The zero-order valence-electron chi connectivity index (χ0n) is 17.2. The second-order valence-electron chi connectivity index (χ2n) is 7.22. The maximum atomic E-state index is 6.62. The largest absolute Gasteiger partial charge is 0.497 e. The third-order valence-corrected chi connectivity index (χ3v) is 5.28. The standard InChI is InChI=1S/C28H22NO2/c1-30-25-19-17-24(18-20-25)29-26(21-11-5-2-6-12-21)27(22-13-7-3-8-14-22)31-28(29)23-15-9-4-10-16-23/h2-20H,1H3/q+1. The number of rotatable bonds is 5. The predicted molar refractivity (Wildman–Crippen MR) is 123 cm³/mol. The van der Waals surface area contributed by atoms with Gasteiger partial charge in [0.05, 0.1) is 18.2 Å². The molecule has 0 amide bonds. The van der Waals surface area contributed by atoms with Gasteiger partial charge in [0.25, 0.3) is 5.69 Å². The number of benzene rings is 4. The SMILES string of the molecule is COc1ccc(-[n+]2c(-c3ccccc3)oc(-c3ccccc3)c2-c2ccccc2)cc1. The Labute approximate surface area is 181 Å². The average Bonchev–Trinajstić information content (AvgIpc) is 3.26. The summed E-state index contributed by atoms with van der Waals surface area (Å²) in [4.78, 5) is 0. The first kappa shape index (κ1) is 18.9. The first-order valence-electron chi connectivity index (χ1n) is 10.2. The molecule has 0 fully saturated rings. The Balaban J connectivity index is 1.86. The molecule has 0 atom stereocenters. The first-order chi connectivity index (χ1) is 15.3. The van der Waals surface area contributed by atoms with Crippen LogP contribution in [0.25, 0.3) is 39.7 Å². The molecule has 5 aromatic rings. The van der Waals surface area contributed by atoms with Crippen LogP contribution in [0.3, 0.4) is 0 Å². The van der Waals surface area contributed by atoms with Gasteiger partial charge in [-0.2, -0.15) is 0 Å². The second-order valence-corrected chi connectivity index (χ2v) is 7.22. The van der Waals surface area contributed by atoms with E-state index in [1.54, 1.807) is 7.11 Å². The molecule has 0 radical (unpaired) electrons. The van der Waals surface area contributed by atoms with Gasteiger partial charge in [-0.3, -0.25) is 0 Å². The summed E-state index contributed by atoms with van der Waals surface area (Å²) in [7, 11) is 1.68. The number of oxazole rings is 1. The zero-order valence-corrected chi connectivity index (χ0v) is 17.2. The van der Waals surface area contributed by atoms with E-state index in [2.05, 4.69) is 65.2 Å². The van der Waals surface area contributed by atoms with E-state index in [0.717, 1.165) is 45.5 Å². The van der Waals surface area contributed by atoms with Crippen LogP contribution >= 0.6 is 0 Å². The third kappa shape index (κ3) is 3.62. The fourth-order valence-corrected chi connectivity index (χ4v) is 3.78. The molecule has 1 heterocycles. The minimum atomic E-state index is 0.781. The lowest BCUT2D eigenvalue weighted by atomic mass is 10.1. The smallest absolute Gasteiger partial charge is 0.387 e. The van der Waals surface area contributed by atoms with Crippen LogP contribution in [0.2, 0.25) is 0 Å². The van der Waals surface area contributed by atoms with Gasteiger partial charge >= 0.3 is 5.89 Å². The van der Waals surface area contributed by atoms with Crippen molar-refractivity contribution in [1.29, 1.82) is 0 Å². The molecule has 0 bridgehead atoms. The predicted octanol–water partition coefficient (Wildman–Crippen LogP) is 6.57. The molecule has 0 unspecified atom stereocenters. The number of aromatic nitrogens is 1. The Morgan fingerprint density at radius 1 is 0.581 bits per heavy atom. The molecule has 0 spiro atoms. The Bertz CT molecular complexity index is 1280. The molecule has 31 heavy (non-hydrogen) atoms. The molecule has 3 heteroatoms. The highest BCUT2D eigenvalue weighted by Crippen LogP contribution is 2.36. The van der Waals surface area contributed by atoms with E-state index < -0.39 is 0 Å². The molecule has 0 aliphatic carbocycles. The van der Waals surface area contributed by atoms with E-state index in [4.69, 9.17) is 9.15 Å². The maximum absolute atomic E-state index is 6.62. The first-order valence-corrected chi connectivity index (χ1v) is 10.2. The Morgan fingerprint density at radius 2 is 1.10 bits per heavy atom. The molecule has 0 saturated carbocycles. The van der Waals surface area contributed by atoms with Crippen LogP contribution in [-0.2, 0) is 0 Å². The molecule has 4 aromatic carbocycles. The van der Waals surface area contributed by atoms with Gasteiger partial charge in [0.2, 0.25) is 11.4 Å². The molecule has 1 aromatic heterocycles.